The Bertz CT molecular complexity index is 400. The Labute approximate surface area is 90.1 Å². The van der Waals surface area contributed by atoms with Crippen molar-refractivity contribution in [2.45, 2.75) is 26.3 Å². The van der Waals surface area contributed by atoms with Crippen molar-refractivity contribution >= 4 is 21.7 Å². The van der Waals surface area contributed by atoms with Gasteiger partial charge in [0.1, 0.15) is 0 Å². The summed E-state index contributed by atoms with van der Waals surface area (Å²) in [5, 5.41) is 0. The van der Waals surface area contributed by atoms with Crippen LogP contribution in [0.15, 0.2) is 21.8 Å². The molecule has 1 heterocycles. The minimum absolute atomic E-state index is 0.0206. The normalized spacial score (nSPS) is 12.5. The number of carbonyl (C=O) groups is 1. The molecular weight excluding hydrogens is 248 g/mol. The third-order valence-electron chi connectivity index (χ3n) is 2.02. The van der Waals surface area contributed by atoms with Crippen LogP contribution in [-0.4, -0.2) is 15.3 Å². The molecule has 0 saturated heterocycles. The molecule has 0 aliphatic carbocycles. The number of ketones is 1. The lowest BCUT2D eigenvalue weighted by Gasteiger charge is -2.14. The van der Waals surface area contributed by atoms with Gasteiger partial charge in [-0.25, -0.2) is 4.98 Å². The van der Waals surface area contributed by atoms with E-state index in [4.69, 9.17) is 0 Å². The molecule has 0 aliphatic rings. The Hall–Kier alpha value is -0.970. The van der Waals surface area contributed by atoms with Crippen molar-refractivity contribution in [3.8, 4) is 0 Å². The van der Waals surface area contributed by atoms with E-state index in [1.54, 1.807) is 0 Å². The van der Waals surface area contributed by atoms with E-state index in [9.17, 15) is 9.59 Å². The first-order valence-electron chi connectivity index (χ1n) is 4.31. The zero-order valence-corrected chi connectivity index (χ0v) is 9.61. The Balaban J connectivity index is 3.24. The van der Waals surface area contributed by atoms with Gasteiger partial charge < -0.3 is 4.57 Å². The van der Waals surface area contributed by atoms with Gasteiger partial charge in [0.25, 0.3) is 5.56 Å². The predicted molar refractivity (Wildman–Crippen MR) is 56.2 cm³/mol. The molecule has 0 spiro atoms. The van der Waals surface area contributed by atoms with Crippen LogP contribution in [0.1, 0.15) is 26.3 Å². The first-order chi connectivity index (χ1) is 6.57. The van der Waals surface area contributed by atoms with E-state index >= 15 is 0 Å². The molecule has 0 aromatic carbocycles. The predicted octanol–water partition coefficient (Wildman–Crippen LogP) is 1.55. The number of halogens is 1. The van der Waals surface area contributed by atoms with Gasteiger partial charge >= 0.3 is 0 Å². The highest BCUT2D eigenvalue weighted by atomic mass is 79.9. The molecule has 1 atom stereocenters. The summed E-state index contributed by atoms with van der Waals surface area (Å²) in [4.78, 5) is 26.6. The van der Waals surface area contributed by atoms with Crippen LogP contribution in [0.2, 0.25) is 0 Å². The standard InChI is InChI=1S/C9H11BrN2O2/c1-3-7(6(2)13)12-5-4-11-8(10)9(12)14/h4-5,7H,3H2,1-2H3/t7-/m0/s1. The lowest BCUT2D eigenvalue weighted by atomic mass is 10.1. The molecular formula is C9H11BrN2O2. The number of carbonyl (C=O) groups excluding carboxylic acids is 1. The molecule has 76 valence electrons. The van der Waals surface area contributed by atoms with Crippen LogP contribution in [0.4, 0.5) is 0 Å². The maximum atomic E-state index is 11.6. The van der Waals surface area contributed by atoms with Gasteiger partial charge in [0.05, 0.1) is 6.04 Å². The third-order valence-corrected chi connectivity index (χ3v) is 2.56. The molecule has 4 nitrogen and oxygen atoms in total. The zero-order chi connectivity index (χ0) is 10.7. The number of aromatic nitrogens is 2. The Kier molecular flexibility index (Phi) is 3.57. The van der Waals surface area contributed by atoms with Crippen LogP contribution < -0.4 is 5.56 Å². The van der Waals surface area contributed by atoms with Gasteiger partial charge in [-0.05, 0) is 29.3 Å². The van der Waals surface area contributed by atoms with Crippen LogP contribution in [0, 0.1) is 0 Å². The highest BCUT2D eigenvalue weighted by Gasteiger charge is 2.15. The summed E-state index contributed by atoms with van der Waals surface area (Å²) in [6, 6.07) is -0.387. The molecule has 14 heavy (non-hydrogen) atoms. The van der Waals surface area contributed by atoms with Gasteiger partial charge in [-0.3, -0.25) is 9.59 Å². The Morgan fingerprint density at radius 2 is 2.36 bits per heavy atom. The van der Waals surface area contributed by atoms with Crippen molar-refractivity contribution in [3.63, 3.8) is 0 Å². The molecule has 0 saturated carbocycles. The van der Waals surface area contributed by atoms with Crippen molar-refractivity contribution < 1.29 is 4.79 Å². The van der Waals surface area contributed by atoms with Crippen LogP contribution >= 0.6 is 15.9 Å². The summed E-state index contributed by atoms with van der Waals surface area (Å²) in [6.45, 7) is 3.35. The Morgan fingerprint density at radius 1 is 1.71 bits per heavy atom. The molecule has 0 amide bonds. The maximum absolute atomic E-state index is 11.6. The minimum Gasteiger partial charge on any atom is -0.301 e. The van der Waals surface area contributed by atoms with Gasteiger partial charge in [0, 0.05) is 12.4 Å². The van der Waals surface area contributed by atoms with Crippen molar-refractivity contribution in [1.29, 1.82) is 0 Å². The van der Waals surface area contributed by atoms with E-state index in [-0.39, 0.29) is 22.0 Å². The monoisotopic (exact) mass is 258 g/mol. The van der Waals surface area contributed by atoms with Crippen LogP contribution in [0.3, 0.4) is 0 Å². The van der Waals surface area contributed by atoms with Gasteiger partial charge in [-0.2, -0.15) is 0 Å². The number of Topliss-reactive ketones (excluding diaryl/α,β-unsaturated/α-hetero) is 1. The lowest BCUT2D eigenvalue weighted by molar-refractivity contribution is -0.120. The molecule has 1 aromatic heterocycles. The van der Waals surface area contributed by atoms with E-state index in [0.29, 0.717) is 6.42 Å². The molecule has 0 fully saturated rings. The second kappa shape index (κ2) is 4.50. The highest BCUT2D eigenvalue weighted by molar-refractivity contribution is 9.10. The molecule has 0 N–H and O–H groups in total. The first kappa shape index (κ1) is 11.1. The maximum Gasteiger partial charge on any atom is 0.284 e. The average Bonchev–Trinajstić information content (AvgIpc) is 2.13. The summed E-state index contributed by atoms with van der Waals surface area (Å²) in [5.74, 6) is -0.0206. The second-order valence-electron chi connectivity index (χ2n) is 2.97. The van der Waals surface area contributed by atoms with Crippen LogP contribution in [0.25, 0.3) is 0 Å². The van der Waals surface area contributed by atoms with Crippen molar-refractivity contribution in [3.05, 3.63) is 27.4 Å². The summed E-state index contributed by atoms with van der Waals surface area (Å²) >= 11 is 3.04. The smallest absolute Gasteiger partial charge is 0.284 e. The number of nitrogens with zero attached hydrogens (tertiary/aromatic N) is 2. The third kappa shape index (κ3) is 2.09. The molecule has 1 rings (SSSR count). The van der Waals surface area contributed by atoms with E-state index < -0.39 is 0 Å². The molecule has 0 bridgehead atoms. The van der Waals surface area contributed by atoms with Crippen molar-refractivity contribution in [2.75, 3.05) is 0 Å². The minimum atomic E-state index is -0.387. The van der Waals surface area contributed by atoms with Crippen LogP contribution in [0.5, 0.6) is 0 Å². The van der Waals surface area contributed by atoms with E-state index in [0.717, 1.165) is 0 Å². The number of rotatable bonds is 3. The number of hydrogen-bond donors (Lipinski definition) is 0. The zero-order valence-electron chi connectivity index (χ0n) is 8.03. The molecule has 1 aromatic rings. The van der Waals surface area contributed by atoms with Gasteiger partial charge in [-0.15, -0.1) is 0 Å². The summed E-state index contributed by atoms with van der Waals surface area (Å²) in [5.41, 5.74) is -0.269. The highest BCUT2D eigenvalue weighted by Crippen LogP contribution is 2.10. The summed E-state index contributed by atoms with van der Waals surface area (Å²) in [6.07, 6.45) is 3.63. The second-order valence-corrected chi connectivity index (χ2v) is 3.72. The van der Waals surface area contributed by atoms with E-state index in [1.165, 1.54) is 23.9 Å². The molecule has 5 heteroatoms. The summed E-state index contributed by atoms with van der Waals surface area (Å²) < 4.78 is 1.64. The Morgan fingerprint density at radius 3 is 2.86 bits per heavy atom. The van der Waals surface area contributed by atoms with E-state index in [2.05, 4.69) is 20.9 Å². The van der Waals surface area contributed by atoms with Gasteiger partial charge in [0.15, 0.2) is 10.4 Å². The molecule has 0 aliphatic heterocycles. The van der Waals surface area contributed by atoms with Crippen molar-refractivity contribution in [2.24, 2.45) is 0 Å². The lowest BCUT2D eigenvalue weighted by Crippen LogP contribution is -2.28. The quantitative estimate of drug-likeness (QED) is 0.827. The SMILES string of the molecule is CC[C@@H](C(C)=O)n1ccnc(Br)c1=O. The largest absolute Gasteiger partial charge is 0.301 e. The van der Waals surface area contributed by atoms with Crippen molar-refractivity contribution in [1.82, 2.24) is 9.55 Å². The average molecular weight is 259 g/mol. The fraction of sp³-hybridized carbons (Fsp3) is 0.444. The van der Waals surface area contributed by atoms with Crippen LogP contribution in [-0.2, 0) is 4.79 Å². The fourth-order valence-corrected chi connectivity index (χ4v) is 1.65. The number of hydrogen-bond acceptors (Lipinski definition) is 3. The van der Waals surface area contributed by atoms with Gasteiger partial charge in [-0.1, -0.05) is 6.92 Å². The van der Waals surface area contributed by atoms with Gasteiger partial charge in [0.2, 0.25) is 0 Å². The topological polar surface area (TPSA) is 52.0 Å². The summed E-state index contributed by atoms with van der Waals surface area (Å²) in [7, 11) is 0. The fourth-order valence-electron chi connectivity index (χ4n) is 1.33. The molecule has 0 unspecified atom stereocenters. The van der Waals surface area contributed by atoms with E-state index in [1.807, 2.05) is 6.92 Å². The molecule has 0 radical (unpaired) electrons. The first-order valence-corrected chi connectivity index (χ1v) is 5.10.